The molecule has 0 spiro atoms. The maximum absolute atomic E-state index is 12.3. The Balaban J connectivity index is 2.32. The summed E-state index contributed by atoms with van der Waals surface area (Å²) in [6, 6.07) is 0. The summed E-state index contributed by atoms with van der Waals surface area (Å²) >= 11 is 0. The van der Waals surface area contributed by atoms with Crippen LogP contribution in [0.5, 0.6) is 0 Å². The number of rotatable bonds is 2. The first-order chi connectivity index (χ1) is 8.32. The third-order valence-electron chi connectivity index (χ3n) is 3.20. The molecule has 1 aromatic rings. The third-order valence-corrected chi connectivity index (χ3v) is 3.20. The van der Waals surface area contributed by atoms with Gasteiger partial charge in [-0.2, -0.15) is 0 Å². The Labute approximate surface area is 107 Å². The van der Waals surface area contributed by atoms with Crippen molar-refractivity contribution in [1.82, 2.24) is 9.55 Å². The molecule has 5 nitrogen and oxygen atoms in total. The van der Waals surface area contributed by atoms with Crippen LogP contribution in [0.3, 0.4) is 0 Å². The minimum Gasteiger partial charge on any atom is -0.379 e. The van der Waals surface area contributed by atoms with Crippen LogP contribution >= 0.6 is 0 Å². The zero-order chi connectivity index (χ0) is 13.4. The average Bonchev–Trinajstić information content (AvgIpc) is 2.67. The van der Waals surface area contributed by atoms with Crippen molar-refractivity contribution < 1.29 is 4.74 Å². The summed E-state index contributed by atoms with van der Waals surface area (Å²) in [5.41, 5.74) is -0.523. The van der Waals surface area contributed by atoms with Crippen molar-refractivity contribution in [2.45, 2.75) is 45.2 Å². The van der Waals surface area contributed by atoms with Gasteiger partial charge in [-0.3, -0.25) is 4.79 Å². The first-order valence-corrected chi connectivity index (χ1v) is 6.26. The highest BCUT2D eigenvalue weighted by Gasteiger charge is 2.31. The number of nitrogens with zero attached hydrogens (tertiary/aromatic N) is 2. The Morgan fingerprint density at radius 1 is 1.50 bits per heavy atom. The van der Waals surface area contributed by atoms with Gasteiger partial charge in [0, 0.05) is 24.5 Å². The van der Waals surface area contributed by atoms with Gasteiger partial charge in [0.05, 0.1) is 12.1 Å². The Morgan fingerprint density at radius 2 is 2.22 bits per heavy atom. The molecule has 2 rings (SSSR count). The molecule has 1 saturated heterocycles. The van der Waals surface area contributed by atoms with Crippen LogP contribution in [0.25, 0.3) is 0 Å². The molecule has 5 heteroatoms. The number of hydrogen-bond acceptors (Lipinski definition) is 4. The lowest BCUT2D eigenvalue weighted by Crippen LogP contribution is -2.41. The van der Waals surface area contributed by atoms with Crippen LogP contribution in [0.4, 0.5) is 5.82 Å². The van der Waals surface area contributed by atoms with E-state index in [1.54, 1.807) is 17.0 Å². The van der Waals surface area contributed by atoms with E-state index in [0.717, 1.165) is 13.0 Å². The molecule has 1 N–H and O–H groups in total. The molecule has 1 fully saturated rings. The summed E-state index contributed by atoms with van der Waals surface area (Å²) in [6.45, 7) is 9.38. The summed E-state index contributed by atoms with van der Waals surface area (Å²) in [5.74, 6) is 0.403. The summed E-state index contributed by atoms with van der Waals surface area (Å²) in [4.78, 5) is 16.5. The fraction of sp³-hybridized carbons (Fsp3) is 0.692. The Morgan fingerprint density at radius 3 is 2.78 bits per heavy atom. The summed E-state index contributed by atoms with van der Waals surface area (Å²) in [7, 11) is 0. The minimum absolute atomic E-state index is 0.0851. The molecule has 0 aromatic carbocycles. The highest BCUT2D eigenvalue weighted by atomic mass is 16.5. The van der Waals surface area contributed by atoms with Gasteiger partial charge in [-0.15, -0.1) is 0 Å². The zero-order valence-electron chi connectivity index (χ0n) is 11.5. The molecule has 2 heterocycles. The molecule has 100 valence electrons. The second kappa shape index (κ2) is 4.39. The van der Waals surface area contributed by atoms with Gasteiger partial charge >= 0.3 is 0 Å². The van der Waals surface area contributed by atoms with E-state index in [1.165, 1.54) is 0 Å². The van der Waals surface area contributed by atoms with Crippen molar-refractivity contribution in [3.63, 3.8) is 0 Å². The SMILES string of the molecule is CC1(Nc2nccn(C(C)(C)C)c2=O)CCOC1. The van der Waals surface area contributed by atoms with Crippen LogP contribution < -0.4 is 10.9 Å². The van der Waals surface area contributed by atoms with E-state index in [1.807, 2.05) is 20.8 Å². The zero-order valence-corrected chi connectivity index (χ0v) is 11.5. The average molecular weight is 251 g/mol. The van der Waals surface area contributed by atoms with Crippen molar-refractivity contribution in [3.05, 3.63) is 22.7 Å². The predicted molar refractivity (Wildman–Crippen MR) is 71.0 cm³/mol. The molecule has 1 aromatic heterocycles. The second-order valence-electron chi connectivity index (χ2n) is 6.11. The van der Waals surface area contributed by atoms with Crippen LogP contribution in [-0.2, 0) is 10.3 Å². The van der Waals surface area contributed by atoms with Crippen molar-refractivity contribution in [2.24, 2.45) is 0 Å². The molecule has 18 heavy (non-hydrogen) atoms. The lowest BCUT2D eigenvalue weighted by Gasteiger charge is -2.26. The van der Waals surface area contributed by atoms with Gasteiger partial charge in [0.1, 0.15) is 0 Å². The fourth-order valence-electron chi connectivity index (χ4n) is 2.08. The standard InChI is InChI=1S/C13H21N3O2/c1-12(2,3)16-7-6-14-10(11(16)17)15-13(4)5-8-18-9-13/h6-7H,5,8-9H2,1-4H3,(H,14,15). The monoisotopic (exact) mass is 251 g/mol. The van der Waals surface area contributed by atoms with Gasteiger partial charge in [-0.05, 0) is 34.1 Å². The molecule has 0 bridgehead atoms. The Hall–Kier alpha value is -1.36. The third kappa shape index (κ3) is 2.56. The summed E-state index contributed by atoms with van der Waals surface area (Å²) in [5, 5.41) is 3.23. The number of hydrogen-bond donors (Lipinski definition) is 1. The fourth-order valence-corrected chi connectivity index (χ4v) is 2.08. The van der Waals surface area contributed by atoms with Crippen molar-refractivity contribution in [2.75, 3.05) is 18.5 Å². The molecular weight excluding hydrogens is 230 g/mol. The van der Waals surface area contributed by atoms with E-state index in [4.69, 9.17) is 4.74 Å². The second-order valence-corrected chi connectivity index (χ2v) is 6.11. The van der Waals surface area contributed by atoms with E-state index in [2.05, 4.69) is 17.2 Å². The molecule has 1 aliphatic heterocycles. The molecule has 0 amide bonds. The summed E-state index contributed by atoms with van der Waals surface area (Å²) in [6.07, 6.45) is 4.27. The lowest BCUT2D eigenvalue weighted by molar-refractivity contribution is 0.185. The quantitative estimate of drug-likeness (QED) is 0.867. The van der Waals surface area contributed by atoms with Crippen molar-refractivity contribution in [1.29, 1.82) is 0 Å². The predicted octanol–water partition coefficient (Wildman–Crippen LogP) is 1.59. The highest BCUT2D eigenvalue weighted by molar-refractivity contribution is 5.35. The maximum Gasteiger partial charge on any atom is 0.293 e. The molecule has 1 atom stereocenters. The number of nitrogens with one attached hydrogen (secondary N) is 1. The maximum atomic E-state index is 12.3. The van der Waals surface area contributed by atoms with Gasteiger partial charge in [-0.1, -0.05) is 0 Å². The molecule has 0 radical (unpaired) electrons. The van der Waals surface area contributed by atoms with Crippen LogP contribution in [0.15, 0.2) is 17.2 Å². The van der Waals surface area contributed by atoms with Crippen LogP contribution in [0, 0.1) is 0 Å². The van der Waals surface area contributed by atoms with E-state index < -0.39 is 0 Å². The largest absolute Gasteiger partial charge is 0.379 e. The van der Waals surface area contributed by atoms with E-state index in [9.17, 15) is 4.79 Å². The van der Waals surface area contributed by atoms with Crippen LogP contribution in [-0.4, -0.2) is 28.3 Å². The normalized spacial score (nSPS) is 24.2. The Bertz CT molecular complexity index is 482. The van der Waals surface area contributed by atoms with Crippen LogP contribution in [0.2, 0.25) is 0 Å². The first kappa shape index (κ1) is 13.1. The van der Waals surface area contributed by atoms with Crippen LogP contribution in [0.1, 0.15) is 34.1 Å². The van der Waals surface area contributed by atoms with Gasteiger partial charge in [0.15, 0.2) is 5.82 Å². The lowest BCUT2D eigenvalue weighted by atomic mass is 10.0. The smallest absolute Gasteiger partial charge is 0.293 e. The molecular formula is C13H21N3O2. The first-order valence-electron chi connectivity index (χ1n) is 6.26. The van der Waals surface area contributed by atoms with Crippen molar-refractivity contribution >= 4 is 5.82 Å². The minimum atomic E-state index is -0.246. The molecule has 1 unspecified atom stereocenters. The number of ether oxygens (including phenoxy) is 1. The summed E-state index contributed by atoms with van der Waals surface area (Å²) < 4.78 is 7.07. The molecule has 0 aliphatic carbocycles. The van der Waals surface area contributed by atoms with Gasteiger partial charge in [0.25, 0.3) is 5.56 Å². The van der Waals surface area contributed by atoms with Crippen molar-refractivity contribution in [3.8, 4) is 0 Å². The van der Waals surface area contributed by atoms with Gasteiger partial charge < -0.3 is 14.6 Å². The highest BCUT2D eigenvalue weighted by Crippen LogP contribution is 2.21. The van der Waals surface area contributed by atoms with E-state index in [-0.39, 0.29) is 16.6 Å². The van der Waals surface area contributed by atoms with E-state index in [0.29, 0.717) is 12.4 Å². The Kier molecular flexibility index (Phi) is 3.19. The van der Waals surface area contributed by atoms with Gasteiger partial charge in [-0.25, -0.2) is 4.98 Å². The van der Waals surface area contributed by atoms with E-state index >= 15 is 0 Å². The number of anilines is 1. The number of aromatic nitrogens is 2. The molecule has 1 aliphatic rings. The van der Waals surface area contributed by atoms with Gasteiger partial charge in [0.2, 0.25) is 0 Å². The molecule has 0 saturated carbocycles. The topological polar surface area (TPSA) is 56.2 Å².